The summed E-state index contributed by atoms with van der Waals surface area (Å²) in [6.45, 7) is 6.42. The van der Waals surface area contributed by atoms with Gasteiger partial charge in [0.1, 0.15) is 0 Å². The predicted molar refractivity (Wildman–Crippen MR) is 105 cm³/mol. The van der Waals surface area contributed by atoms with Crippen molar-refractivity contribution in [3.05, 3.63) is 52.0 Å². The van der Waals surface area contributed by atoms with E-state index < -0.39 is 0 Å². The fourth-order valence-electron chi connectivity index (χ4n) is 1.86. The maximum absolute atomic E-state index is 4.60. The number of hydrogen-bond donors (Lipinski definition) is 2. The van der Waals surface area contributed by atoms with Crippen LogP contribution < -0.4 is 10.6 Å². The van der Waals surface area contributed by atoms with Crippen LogP contribution in [0.25, 0.3) is 0 Å². The lowest BCUT2D eigenvalue weighted by molar-refractivity contribution is 0.800. The van der Waals surface area contributed by atoms with Gasteiger partial charge in [0.05, 0.1) is 23.8 Å². The smallest absolute Gasteiger partial charge is 0.191 e. The maximum Gasteiger partial charge on any atom is 0.191 e. The molecular formula is C16H23IN4S. The molecule has 0 saturated heterocycles. The SMILES string of the molecule is CCNC(=NCc1ccccc1)NCc1csc(CC)n1.I. The maximum atomic E-state index is 4.60. The molecule has 0 amide bonds. The molecular weight excluding hydrogens is 407 g/mol. The fourth-order valence-corrected chi connectivity index (χ4v) is 2.61. The van der Waals surface area contributed by atoms with Gasteiger partial charge in [-0.15, -0.1) is 35.3 Å². The van der Waals surface area contributed by atoms with E-state index in [1.807, 2.05) is 18.2 Å². The Kier molecular flexibility index (Phi) is 9.07. The Bertz CT molecular complexity index is 569. The van der Waals surface area contributed by atoms with Gasteiger partial charge in [-0.2, -0.15) is 0 Å². The van der Waals surface area contributed by atoms with Gasteiger partial charge in [0.25, 0.3) is 0 Å². The number of rotatable bonds is 6. The molecule has 0 aliphatic heterocycles. The van der Waals surface area contributed by atoms with Gasteiger partial charge in [0, 0.05) is 11.9 Å². The number of aliphatic imine (C=N–C) groups is 1. The zero-order chi connectivity index (χ0) is 14.9. The number of benzene rings is 1. The van der Waals surface area contributed by atoms with Crippen LogP contribution in [0, 0.1) is 0 Å². The van der Waals surface area contributed by atoms with Crippen LogP contribution in [-0.4, -0.2) is 17.5 Å². The molecule has 120 valence electrons. The summed E-state index contributed by atoms with van der Waals surface area (Å²) in [6, 6.07) is 10.3. The molecule has 0 bridgehead atoms. The standard InChI is InChI=1S/C16H22N4S.HI/c1-3-15-20-14(12-21-15)11-19-16(17-4-2)18-10-13-8-6-5-7-9-13;/h5-9,12H,3-4,10-11H2,1-2H3,(H2,17,18,19);1H. The molecule has 2 N–H and O–H groups in total. The van der Waals surface area contributed by atoms with Crippen molar-refractivity contribution >= 4 is 41.3 Å². The second-order valence-corrected chi connectivity index (χ2v) is 5.56. The molecule has 1 heterocycles. The summed E-state index contributed by atoms with van der Waals surface area (Å²) >= 11 is 1.71. The number of thiazole rings is 1. The van der Waals surface area contributed by atoms with Gasteiger partial charge in [0.2, 0.25) is 0 Å². The Labute approximate surface area is 153 Å². The number of hydrogen-bond acceptors (Lipinski definition) is 3. The fraction of sp³-hybridized carbons (Fsp3) is 0.375. The Morgan fingerprint density at radius 3 is 2.59 bits per heavy atom. The number of halogens is 1. The molecule has 1 aromatic heterocycles. The van der Waals surface area contributed by atoms with Gasteiger partial charge in [-0.1, -0.05) is 37.3 Å². The highest BCUT2D eigenvalue weighted by molar-refractivity contribution is 14.0. The molecule has 0 spiro atoms. The molecule has 0 radical (unpaired) electrons. The van der Waals surface area contributed by atoms with Crippen LogP contribution in [0.4, 0.5) is 0 Å². The number of aromatic nitrogens is 1. The predicted octanol–water partition coefficient (Wildman–Crippen LogP) is 3.58. The van der Waals surface area contributed by atoms with Crippen molar-refractivity contribution in [1.82, 2.24) is 15.6 Å². The van der Waals surface area contributed by atoms with Gasteiger partial charge in [-0.05, 0) is 18.9 Å². The molecule has 0 fully saturated rings. The zero-order valence-corrected chi connectivity index (χ0v) is 16.2. The molecule has 0 saturated carbocycles. The third kappa shape index (κ3) is 6.31. The van der Waals surface area contributed by atoms with E-state index in [-0.39, 0.29) is 24.0 Å². The van der Waals surface area contributed by atoms with E-state index in [1.54, 1.807) is 11.3 Å². The van der Waals surface area contributed by atoms with Crippen LogP contribution in [-0.2, 0) is 19.5 Å². The highest BCUT2D eigenvalue weighted by atomic mass is 127. The molecule has 0 aliphatic carbocycles. The monoisotopic (exact) mass is 430 g/mol. The van der Waals surface area contributed by atoms with Crippen molar-refractivity contribution in [3.8, 4) is 0 Å². The van der Waals surface area contributed by atoms with Crippen LogP contribution in [0.3, 0.4) is 0 Å². The lowest BCUT2D eigenvalue weighted by Gasteiger charge is -2.10. The molecule has 0 aliphatic rings. The van der Waals surface area contributed by atoms with Crippen LogP contribution >= 0.6 is 35.3 Å². The minimum atomic E-state index is 0. The van der Waals surface area contributed by atoms with Gasteiger partial charge >= 0.3 is 0 Å². The topological polar surface area (TPSA) is 49.3 Å². The van der Waals surface area contributed by atoms with E-state index in [0.717, 1.165) is 24.6 Å². The third-order valence-electron chi connectivity index (χ3n) is 2.95. The summed E-state index contributed by atoms with van der Waals surface area (Å²) in [4.78, 5) is 9.15. The largest absolute Gasteiger partial charge is 0.357 e. The Morgan fingerprint density at radius 1 is 1.18 bits per heavy atom. The van der Waals surface area contributed by atoms with E-state index in [9.17, 15) is 0 Å². The zero-order valence-electron chi connectivity index (χ0n) is 13.0. The van der Waals surface area contributed by atoms with Crippen LogP contribution in [0.5, 0.6) is 0 Å². The van der Waals surface area contributed by atoms with Crippen molar-refractivity contribution in [3.63, 3.8) is 0 Å². The van der Waals surface area contributed by atoms with Crippen LogP contribution in [0.15, 0.2) is 40.7 Å². The Balaban J connectivity index is 0.00000242. The van der Waals surface area contributed by atoms with Crippen molar-refractivity contribution in [1.29, 1.82) is 0 Å². The van der Waals surface area contributed by atoms with E-state index in [2.05, 4.69) is 52.0 Å². The van der Waals surface area contributed by atoms with E-state index in [4.69, 9.17) is 0 Å². The molecule has 0 atom stereocenters. The molecule has 0 unspecified atom stereocenters. The van der Waals surface area contributed by atoms with Crippen molar-refractivity contribution in [2.45, 2.75) is 33.4 Å². The summed E-state index contributed by atoms with van der Waals surface area (Å²) < 4.78 is 0. The van der Waals surface area contributed by atoms with Gasteiger partial charge in [0.15, 0.2) is 5.96 Å². The average Bonchev–Trinajstić information content (AvgIpc) is 2.99. The summed E-state index contributed by atoms with van der Waals surface area (Å²) in [6.07, 6.45) is 0.993. The van der Waals surface area contributed by atoms with Crippen molar-refractivity contribution < 1.29 is 0 Å². The van der Waals surface area contributed by atoms with Crippen LogP contribution in [0.2, 0.25) is 0 Å². The first-order valence-corrected chi connectivity index (χ1v) is 8.19. The van der Waals surface area contributed by atoms with Crippen LogP contribution in [0.1, 0.15) is 30.1 Å². The first-order valence-electron chi connectivity index (χ1n) is 7.31. The lowest BCUT2D eigenvalue weighted by Crippen LogP contribution is -2.36. The minimum absolute atomic E-state index is 0. The van der Waals surface area contributed by atoms with Crippen molar-refractivity contribution in [2.24, 2.45) is 4.99 Å². The molecule has 2 rings (SSSR count). The van der Waals surface area contributed by atoms with Gasteiger partial charge < -0.3 is 10.6 Å². The molecule has 6 heteroatoms. The summed E-state index contributed by atoms with van der Waals surface area (Å²) in [5.41, 5.74) is 2.28. The normalized spacial score (nSPS) is 10.9. The first-order chi connectivity index (χ1) is 10.3. The summed E-state index contributed by atoms with van der Waals surface area (Å²) in [7, 11) is 0. The molecule has 2 aromatic rings. The van der Waals surface area contributed by atoms with E-state index >= 15 is 0 Å². The second kappa shape index (κ2) is 10.6. The highest BCUT2D eigenvalue weighted by Gasteiger charge is 2.02. The molecule has 22 heavy (non-hydrogen) atoms. The minimum Gasteiger partial charge on any atom is -0.357 e. The molecule has 1 aromatic carbocycles. The highest BCUT2D eigenvalue weighted by Crippen LogP contribution is 2.09. The number of nitrogens with one attached hydrogen (secondary N) is 2. The van der Waals surface area contributed by atoms with E-state index in [1.165, 1.54) is 10.6 Å². The second-order valence-electron chi connectivity index (χ2n) is 4.62. The van der Waals surface area contributed by atoms with Gasteiger partial charge in [-0.3, -0.25) is 0 Å². The molecule has 4 nitrogen and oxygen atoms in total. The summed E-state index contributed by atoms with van der Waals surface area (Å²) in [5.74, 6) is 0.826. The number of aryl methyl sites for hydroxylation is 1. The lowest BCUT2D eigenvalue weighted by atomic mass is 10.2. The number of nitrogens with zero attached hydrogens (tertiary/aromatic N) is 2. The first kappa shape index (κ1) is 18.9. The average molecular weight is 430 g/mol. The number of guanidine groups is 1. The van der Waals surface area contributed by atoms with Crippen molar-refractivity contribution in [2.75, 3.05) is 6.54 Å². The Morgan fingerprint density at radius 2 is 1.95 bits per heavy atom. The third-order valence-corrected chi connectivity index (χ3v) is 3.99. The van der Waals surface area contributed by atoms with E-state index in [0.29, 0.717) is 13.1 Å². The summed E-state index contributed by atoms with van der Waals surface area (Å²) in [5, 5.41) is 9.87. The quantitative estimate of drug-likeness (QED) is 0.419. The Hall–Kier alpha value is -1.15. The van der Waals surface area contributed by atoms with Gasteiger partial charge in [-0.25, -0.2) is 9.98 Å².